The number of ether oxygens (including phenoxy) is 2. The predicted molar refractivity (Wildman–Crippen MR) is 161 cm³/mol. The first kappa shape index (κ1) is 29.1. The molecule has 1 fully saturated rings. The molecule has 0 saturated heterocycles. The Morgan fingerprint density at radius 2 is 1.74 bits per heavy atom. The van der Waals surface area contributed by atoms with E-state index in [0.717, 1.165) is 47.3 Å². The van der Waals surface area contributed by atoms with Crippen molar-refractivity contribution in [2.45, 2.75) is 51.2 Å². The molecular weight excluding hydrogens is 554 g/mol. The third-order valence-electron chi connectivity index (χ3n) is 7.65. The van der Waals surface area contributed by atoms with Gasteiger partial charge in [0.2, 0.25) is 5.82 Å². The Labute approximate surface area is 249 Å². The van der Waals surface area contributed by atoms with E-state index in [0.29, 0.717) is 34.9 Å². The normalized spacial score (nSPS) is 14.2. The minimum atomic E-state index is -1.32. The van der Waals surface area contributed by atoms with Gasteiger partial charge in [0.25, 0.3) is 5.91 Å². The highest BCUT2D eigenvalue weighted by Gasteiger charge is 2.41. The lowest BCUT2D eigenvalue weighted by atomic mass is 9.81. The van der Waals surface area contributed by atoms with Gasteiger partial charge in [-0.25, -0.2) is 14.8 Å². The summed E-state index contributed by atoms with van der Waals surface area (Å²) in [6.07, 6.45) is 4.75. The first-order valence-corrected chi connectivity index (χ1v) is 14.2. The van der Waals surface area contributed by atoms with Crippen LogP contribution in [-0.4, -0.2) is 39.6 Å². The van der Waals surface area contributed by atoms with Gasteiger partial charge in [0, 0.05) is 17.3 Å². The van der Waals surface area contributed by atoms with Gasteiger partial charge in [-0.1, -0.05) is 73.3 Å². The van der Waals surface area contributed by atoms with E-state index < -0.39 is 17.4 Å². The average Bonchev–Trinajstić information content (AvgIpc) is 3.01. The average molecular weight is 586 g/mol. The fraction of sp³-hybridized carbons (Fsp3) is 0.273. The zero-order valence-corrected chi connectivity index (χ0v) is 24.3. The van der Waals surface area contributed by atoms with Crippen LogP contribution in [0.25, 0.3) is 22.4 Å². The molecule has 0 unspecified atom stereocenters. The summed E-state index contributed by atoms with van der Waals surface area (Å²) in [5.41, 5.74) is 3.43. The second kappa shape index (κ2) is 12.6. The number of rotatable bonds is 9. The lowest BCUT2D eigenvalue weighted by molar-refractivity contribution is -0.145. The Balaban J connectivity index is 1.51. The van der Waals surface area contributed by atoms with Crippen LogP contribution in [0.3, 0.4) is 0 Å². The van der Waals surface area contributed by atoms with E-state index in [2.05, 4.69) is 10.3 Å². The third-order valence-corrected chi connectivity index (χ3v) is 7.97. The van der Waals surface area contributed by atoms with E-state index in [4.69, 9.17) is 26.1 Å². The maximum absolute atomic E-state index is 13.4. The summed E-state index contributed by atoms with van der Waals surface area (Å²) >= 11 is 6.52. The Morgan fingerprint density at radius 1 is 1.00 bits per heavy atom. The van der Waals surface area contributed by atoms with Crippen LogP contribution >= 0.6 is 11.6 Å². The highest BCUT2D eigenvalue weighted by atomic mass is 35.5. The predicted octanol–water partition coefficient (Wildman–Crippen LogP) is 6.88. The fourth-order valence-electron chi connectivity index (χ4n) is 5.25. The zero-order chi connectivity index (χ0) is 29.7. The van der Waals surface area contributed by atoms with Gasteiger partial charge >= 0.3 is 5.97 Å². The molecule has 4 aromatic rings. The van der Waals surface area contributed by atoms with Gasteiger partial charge in [-0.2, -0.15) is 0 Å². The SMILES string of the molecule is COc1ccc(COc2cc(-c3nc(C(=O)NC4(C(=O)O)CCCCC4)ncc3-c3ccccc3C)ccc2Cl)cc1. The summed E-state index contributed by atoms with van der Waals surface area (Å²) in [7, 11) is 1.62. The Kier molecular flexibility index (Phi) is 8.73. The molecule has 5 rings (SSSR count). The number of aryl methyl sites for hydroxylation is 1. The molecule has 0 radical (unpaired) electrons. The number of nitrogens with one attached hydrogen (secondary N) is 1. The number of hydrogen-bond donors (Lipinski definition) is 2. The summed E-state index contributed by atoms with van der Waals surface area (Å²) in [4.78, 5) is 34.7. The molecule has 1 saturated carbocycles. The largest absolute Gasteiger partial charge is 0.497 e. The molecule has 2 N–H and O–H groups in total. The minimum absolute atomic E-state index is 0.107. The van der Waals surface area contributed by atoms with Crippen molar-refractivity contribution in [3.05, 3.63) is 94.9 Å². The van der Waals surface area contributed by atoms with Crippen LogP contribution < -0.4 is 14.8 Å². The van der Waals surface area contributed by atoms with E-state index in [1.54, 1.807) is 25.4 Å². The van der Waals surface area contributed by atoms with Gasteiger partial charge in [-0.3, -0.25) is 4.79 Å². The number of halogens is 1. The van der Waals surface area contributed by atoms with E-state index >= 15 is 0 Å². The molecule has 0 atom stereocenters. The van der Waals surface area contributed by atoms with Crippen molar-refractivity contribution in [2.75, 3.05) is 7.11 Å². The van der Waals surface area contributed by atoms with Crippen LogP contribution in [0.4, 0.5) is 0 Å². The topological polar surface area (TPSA) is 111 Å². The highest BCUT2D eigenvalue weighted by molar-refractivity contribution is 6.32. The smallest absolute Gasteiger partial charge is 0.329 e. The van der Waals surface area contributed by atoms with Gasteiger partial charge < -0.3 is 19.9 Å². The number of carbonyl (C=O) groups is 2. The van der Waals surface area contributed by atoms with Gasteiger partial charge in [0.15, 0.2) is 0 Å². The molecule has 0 bridgehead atoms. The monoisotopic (exact) mass is 585 g/mol. The molecule has 1 aliphatic carbocycles. The number of methoxy groups -OCH3 is 1. The Bertz CT molecular complexity index is 1600. The van der Waals surface area contributed by atoms with Crippen molar-refractivity contribution < 1.29 is 24.2 Å². The standard InChI is InChI=1S/C33H32ClN3O5/c1-21-8-4-5-9-25(21)26-19-35-30(31(38)37-33(32(39)40)16-6-3-7-17-33)36-29(26)23-12-15-27(34)28(18-23)42-20-22-10-13-24(41-2)14-11-22/h4-5,8-15,18-19H,3,6-7,16-17,20H2,1-2H3,(H,37,38)(H,39,40). The van der Waals surface area contributed by atoms with Crippen molar-refractivity contribution in [1.29, 1.82) is 0 Å². The number of benzene rings is 3. The van der Waals surface area contributed by atoms with Crippen LogP contribution in [0.2, 0.25) is 5.02 Å². The van der Waals surface area contributed by atoms with Crippen LogP contribution in [0.1, 0.15) is 53.8 Å². The number of carbonyl (C=O) groups excluding carboxylic acids is 1. The van der Waals surface area contributed by atoms with Crippen molar-refractivity contribution in [3.63, 3.8) is 0 Å². The van der Waals surface area contributed by atoms with Crippen LogP contribution in [-0.2, 0) is 11.4 Å². The maximum Gasteiger partial charge on any atom is 0.329 e. The fourth-order valence-corrected chi connectivity index (χ4v) is 5.42. The summed E-state index contributed by atoms with van der Waals surface area (Å²) in [5.74, 6) is -0.559. The van der Waals surface area contributed by atoms with Crippen molar-refractivity contribution in [1.82, 2.24) is 15.3 Å². The molecule has 216 valence electrons. The van der Waals surface area contributed by atoms with Crippen LogP contribution in [0.15, 0.2) is 72.9 Å². The van der Waals surface area contributed by atoms with Crippen molar-refractivity contribution >= 4 is 23.5 Å². The quantitative estimate of drug-likeness (QED) is 0.220. The second-order valence-corrected chi connectivity index (χ2v) is 10.9. The maximum atomic E-state index is 13.4. The number of aromatic nitrogens is 2. The molecule has 1 aromatic heterocycles. The van der Waals surface area contributed by atoms with Crippen molar-refractivity contribution in [3.8, 4) is 33.9 Å². The number of carboxylic acid groups (broad SMARTS) is 1. The minimum Gasteiger partial charge on any atom is -0.497 e. The van der Waals surface area contributed by atoms with E-state index in [-0.39, 0.29) is 12.4 Å². The Morgan fingerprint density at radius 3 is 2.43 bits per heavy atom. The zero-order valence-electron chi connectivity index (χ0n) is 23.5. The second-order valence-electron chi connectivity index (χ2n) is 10.5. The summed E-state index contributed by atoms with van der Waals surface area (Å²) in [6, 6.07) is 20.7. The van der Waals surface area contributed by atoms with Gasteiger partial charge in [0.1, 0.15) is 23.6 Å². The van der Waals surface area contributed by atoms with Gasteiger partial charge in [0.05, 0.1) is 17.8 Å². The van der Waals surface area contributed by atoms with Gasteiger partial charge in [-0.05, 0) is 60.7 Å². The summed E-state index contributed by atoms with van der Waals surface area (Å²) in [5, 5.41) is 13.1. The molecular formula is C33H32ClN3O5. The number of amides is 1. The molecule has 42 heavy (non-hydrogen) atoms. The summed E-state index contributed by atoms with van der Waals surface area (Å²) in [6.45, 7) is 2.28. The lowest BCUT2D eigenvalue weighted by Crippen LogP contribution is -2.55. The molecule has 0 aliphatic heterocycles. The van der Waals surface area contributed by atoms with E-state index in [9.17, 15) is 14.7 Å². The molecule has 1 heterocycles. The molecule has 0 spiro atoms. The molecule has 1 amide bonds. The highest BCUT2D eigenvalue weighted by Crippen LogP contribution is 2.36. The summed E-state index contributed by atoms with van der Waals surface area (Å²) < 4.78 is 11.3. The van der Waals surface area contributed by atoms with Crippen LogP contribution in [0, 0.1) is 6.92 Å². The first-order chi connectivity index (χ1) is 20.3. The number of nitrogens with zero attached hydrogens (tertiary/aromatic N) is 2. The van der Waals surface area contributed by atoms with Crippen LogP contribution in [0.5, 0.6) is 11.5 Å². The first-order valence-electron chi connectivity index (χ1n) is 13.8. The molecule has 3 aromatic carbocycles. The van der Waals surface area contributed by atoms with E-state index in [1.807, 2.05) is 61.5 Å². The molecule has 1 aliphatic rings. The van der Waals surface area contributed by atoms with Gasteiger partial charge in [-0.15, -0.1) is 0 Å². The van der Waals surface area contributed by atoms with E-state index in [1.165, 1.54) is 0 Å². The number of hydrogen-bond acceptors (Lipinski definition) is 6. The number of carboxylic acids is 1. The molecule has 8 nitrogen and oxygen atoms in total. The third kappa shape index (κ3) is 6.24. The number of aliphatic carboxylic acids is 1. The lowest BCUT2D eigenvalue weighted by Gasteiger charge is -2.33. The molecule has 9 heteroatoms. The Hall–Kier alpha value is -4.43. The van der Waals surface area contributed by atoms with Crippen molar-refractivity contribution in [2.24, 2.45) is 0 Å².